The van der Waals surface area contributed by atoms with Gasteiger partial charge in [0, 0.05) is 12.7 Å². The van der Waals surface area contributed by atoms with Gasteiger partial charge in [0.05, 0.1) is 24.8 Å². The van der Waals surface area contributed by atoms with Gasteiger partial charge >= 0.3 is 0 Å². The van der Waals surface area contributed by atoms with Crippen molar-refractivity contribution in [3.8, 4) is 5.75 Å². The fraction of sp³-hybridized carbons (Fsp3) is 0.600. The van der Waals surface area contributed by atoms with E-state index in [-0.39, 0.29) is 25.2 Å². The maximum atomic E-state index is 12.2. The molecular formula is C20H31NO5. The quantitative estimate of drug-likeness (QED) is 0.306. The number of amides is 1. The average Bonchev–Trinajstić information content (AvgIpc) is 2.65. The van der Waals surface area contributed by atoms with Crippen molar-refractivity contribution in [2.45, 2.75) is 46.0 Å². The first kappa shape index (κ1) is 22.1. The number of hydrogen-bond acceptors (Lipinski definition) is 5. The molecule has 1 amide bonds. The van der Waals surface area contributed by atoms with E-state index in [9.17, 15) is 9.59 Å². The monoisotopic (exact) mass is 365 g/mol. The molecule has 146 valence electrons. The van der Waals surface area contributed by atoms with Crippen LogP contribution in [0, 0.1) is 5.92 Å². The Morgan fingerprint density at radius 3 is 2.69 bits per heavy atom. The summed E-state index contributed by atoms with van der Waals surface area (Å²) in [5.74, 6) is 0.0644. The lowest BCUT2D eigenvalue weighted by Crippen LogP contribution is -2.25. The van der Waals surface area contributed by atoms with Crippen molar-refractivity contribution in [3.05, 3.63) is 23.8 Å². The van der Waals surface area contributed by atoms with Gasteiger partial charge in [0.15, 0.2) is 6.29 Å². The number of carbonyl (C=O) groups excluding carboxylic acids is 2. The van der Waals surface area contributed by atoms with Crippen LogP contribution in [0.2, 0.25) is 0 Å². The zero-order valence-corrected chi connectivity index (χ0v) is 16.1. The normalized spacial score (nSPS) is 11.8. The van der Waals surface area contributed by atoms with Crippen LogP contribution in [0.25, 0.3) is 0 Å². The largest absolute Gasteiger partial charge is 0.494 e. The number of carbonyl (C=O) groups is 2. The van der Waals surface area contributed by atoms with Gasteiger partial charge in [0.25, 0.3) is 0 Å². The van der Waals surface area contributed by atoms with Crippen LogP contribution in [0.1, 0.15) is 56.3 Å². The van der Waals surface area contributed by atoms with Crippen molar-refractivity contribution in [3.63, 3.8) is 0 Å². The number of methoxy groups -OCH3 is 1. The highest BCUT2D eigenvalue weighted by atomic mass is 16.7. The van der Waals surface area contributed by atoms with Crippen LogP contribution in [-0.2, 0) is 14.3 Å². The smallest absolute Gasteiger partial charge is 0.229 e. The van der Waals surface area contributed by atoms with Gasteiger partial charge in [-0.1, -0.05) is 39.5 Å². The molecule has 0 saturated carbocycles. The minimum Gasteiger partial charge on any atom is -0.494 e. The van der Waals surface area contributed by atoms with Gasteiger partial charge < -0.3 is 19.5 Å². The highest BCUT2D eigenvalue weighted by Crippen LogP contribution is 2.22. The molecule has 26 heavy (non-hydrogen) atoms. The van der Waals surface area contributed by atoms with Crippen molar-refractivity contribution < 1.29 is 23.8 Å². The summed E-state index contributed by atoms with van der Waals surface area (Å²) >= 11 is 0. The number of rotatable bonds is 14. The van der Waals surface area contributed by atoms with E-state index >= 15 is 0 Å². The molecule has 1 N–H and O–H groups in total. The Morgan fingerprint density at radius 1 is 1.23 bits per heavy atom. The Morgan fingerprint density at radius 2 is 2.00 bits per heavy atom. The number of aldehydes is 1. The first-order chi connectivity index (χ1) is 12.6. The third kappa shape index (κ3) is 8.45. The summed E-state index contributed by atoms with van der Waals surface area (Å²) in [7, 11) is 1.52. The first-order valence-electron chi connectivity index (χ1n) is 9.21. The summed E-state index contributed by atoms with van der Waals surface area (Å²) in [6, 6.07) is 5.11. The molecule has 1 unspecified atom stereocenters. The first-order valence-corrected chi connectivity index (χ1v) is 9.21. The van der Waals surface area contributed by atoms with Crippen molar-refractivity contribution in [1.29, 1.82) is 0 Å². The summed E-state index contributed by atoms with van der Waals surface area (Å²) < 4.78 is 15.7. The molecule has 0 aliphatic heterocycles. The van der Waals surface area contributed by atoms with Gasteiger partial charge in [-0.25, -0.2) is 0 Å². The fourth-order valence-corrected chi connectivity index (χ4v) is 2.38. The summed E-state index contributed by atoms with van der Waals surface area (Å²) in [5.41, 5.74) is 0.866. The van der Waals surface area contributed by atoms with Gasteiger partial charge in [-0.3, -0.25) is 9.59 Å². The molecule has 0 aliphatic rings. The molecule has 6 nitrogen and oxygen atoms in total. The number of anilines is 1. The van der Waals surface area contributed by atoms with E-state index in [1.807, 2.05) is 0 Å². The van der Waals surface area contributed by atoms with E-state index in [2.05, 4.69) is 12.2 Å². The Labute approximate surface area is 156 Å². The zero-order valence-electron chi connectivity index (χ0n) is 16.1. The third-order valence-corrected chi connectivity index (χ3v) is 3.94. The standard InChI is InChI=1S/C20H31NO5/c1-4-5-6-7-8-11-26-18-9-10-19(17(12-18)13-22)21-20(23)16(2)14-25-15-24-3/h9-10,12-13,16H,4-8,11,14-15H2,1-3H3,(H,21,23). The molecule has 0 aliphatic carbocycles. The molecule has 0 aromatic heterocycles. The molecule has 0 saturated heterocycles. The number of hydrogen-bond donors (Lipinski definition) is 1. The number of nitrogens with one attached hydrogen (secondary N) is 1. The highest BCUT2D eigenvalue weighted by molar-refractivity contribution is 5.97. The lowest BCUT2D eigenvalue weighted by molar-refractivity contribution is -0.123. The van der Waals surface area contributed by atoms with E-state index < -0.39 is 0 Å². The Balaban J connectivity index is 2.51. The lowest BCUT2D eigenvalue weighted by Gasteiger charge is -2.14. The van der Waals surface area contributed by atoms with E-state index in [0.29, 0.717) is 23.6 Å². The highest BCUT2D eigenvalue weighted by Gasteiger charge is 2.15. The van der Waals surface area contributed by atoms with Crippen LogP contribution in [0.3, 0.4) is 0 Å². The van der Waals surface area contributed by atoms with Gasteiger partial charge in [0.1, 0.15) is 12.5 Å². The van der Waals surface area contributed by atoms with Crippen molar-refractivity contribution in [1.82, 2.24) is 0 Å². The van der Waals surface area contributed by atoms with Crippen LogP contribution >= 0.6 is 0 Å². The topological polar surface area (TPSA) is 73.9 Å². The third-order valence-electron chi connectivity index (χ3n) is 3.94. The molecule has 0 fully saturated rings. The fourth-order valence-electron chi connectivity index (χ4n) is 2.38. The summed E-state index contributed by atoms with van der Waals surface area (Å²) in [6.45, 7) is 4.95. The molecular weight excluding hydrogens is 334 g/mol. The van der Waals surface area contributed by atoms with Gasteiger partial charge in [-0.05, 0) is 24.6 Å². The Kier molecular flexibility index (Phi) is 11.3. The second-order valence-corrected chi connectivity index (χ2v) is 6.30. The SMILES string of the molecule is CCCCCCCOc1ccc(NC(=O)C(C)COCOC)c(C=O)c1. The summed E-state index contributed by atoms with van der Waals surface area (Å²) in [4.78, 5) is 23.5. The number of ether oxygens (including phenoxy) is 3. The van der Waals surface area contributed by atoms with Crippen LogP contribution in [-0.4, -0.2) is 39.3 Å². The molecule has 0 spiro atoms. The molecule has 1 rings (SSSR count). The Bertz CT molecular complexity index is 547. The molecule has 6 heteroatoms. The van der Waals surface area contributed by atoms with E-state index in [0.717, 1.165) is 19.1 Å². The van der Waals surface area contributed by atoms with E-state index in [1.54, 1.807) is 25.1 Å². The predicted octanol–water partition coefficient (Wildman–Crippen LogP) is 4.04. The van der Waals surface area contributed by atoms with Crippen LogP contribution in [0.5, 0.6) is 5.75 Å². The second-order valence-electron chi connectivity index (χ2n) is 6.30. The lowest BCUT2D eigenvalue weighted by atomic mass is 10.1. The van der Waals surface area contributed by atoms with Crippen LogP contribution in [0.4, 0.5) is 5.69 Å². The van der Waals surface area contributed by atoms with Gasteiger partial charge in [-0.15, -0.1) is 0 Å². The summed E-state index contributed by atoms with van der Waals surface area (Å²) in [6.07, 6.45) is 6.54. The van der Waals surface area contributed by atoms with Gasteiger partial charge in [0.2, 0.25) is 5.91 Å². The van der Waals surface area contributed by atoms with Crippen LogP contribution < -0.4 is 10.1 Å². The number of benzene rings is 1. The number of unbranched alkanes of at least 4 members (excludes halogenated alkanes) is 4. The molecule has 0 heterocycles. The molecule has 1 aromatic carbocycles. The maximum Gasteiger partial charge on any atom is 0.229 e. The second kappa shape index (κ2) is 13.3. The van der Waals surface area contributed by atoms with Crippen molar-refractivity contribution in [2.24, 2.45) is 5.92 Å². The predicted molar refractivity (Wildman–Crippen MR) is 102 cm³/mol. The minimum absolute atomic E-state index is 0.141. The Hall–Kier alpha value is -1.92. The van der Waals surface area contributed by atoms with E-state index in [1.165, 1.54) is 26.4 Å². The molecule has 1 atom stereocenters. The average molecular weight is 365 g/mol. The molecule has 1 aromatic rings. The van der Waals surface area contributed by atoms with Crippen LogP contribution in [0.15, 0.2) is 18.2 Å². The molecule has 0 bridgehead atoms. The maximum absolute atomic E-state index is 12.2. The van der Waals surface area contributed by atoms with Gasteiger partial charge in [-0.2, -0.15) is 0 Å². The summed E-state index contributed by atoms with van der Waals surface area (Å²) in [5, 5.41) is 2.76. The van der Waals surface area contributed by atoms with E-state index in [4.69, 9.17) is 14.2 Å². The van der Waals surface area contributed by atoms with Crippen molar-refractivity contribution >= 4 is 17.9 Å². The van der Waals surface area contributed by atoms with Crippen molar-refractivity contribution in [2.75, 3.05) is 32.4 Å². The minimum atomic E-state index is -0.358. The molecule has 0 radical (unpaired) electrons. The zero-order chi connectivity index (χ0) is 19.2.